The van der Waals surface area contributed by atoms with Crippen molar-refractivity contribution in [2.24, 2.45) is 0 Å². The van der Waals surface area contributed by atoms with Crippen molar-refractivity contribution in [1.29, 1.82) is 0 Å². The number of nitrogens with one attached hydrogen (secondary N) is 1. The lowest BCUT2D eigenvalue weighted by atomic mass is 9.99. The molecule has 0 aliphatic heterocycles. The predicted octanol–water partition coefficient (Wildman–Crippen LogP) is 3.86. The van der Waals surface area contributed by atoms with Crippen LogP contribution in [-0.4, -0.2) is 18.6 Å². The summed E-state index contributed by atoms with van der Waals surface area (Å²) in [5.74, 6) is 0.874. The maximum absolute atomic E-state index is 5.51. The second-order valence-electron chi connectivity index (χ2n) is 4.61. The van der Waals surface area contributed by atoms with Gasteiger partial charge in [0.05, 0.1) is 18.8 Å². The summed E-state index contributed by atoms with van der Waals surface area (Å²) in [6, 6.07) is 10.1. The Bertz CT molecular complexity index is 586. The first-order valence-corrected chi connectivity index (χ1v) is 7.45. The number of aryl methyl sites for hydroxylation is 1. The number of hydrogen-bond donors (Lipinski definition) is 1. The second kappa shape index (κ2) is 6.86. The van der Waals surface area contributed by atoms with Crippen molar-refractivity contribution in [1.82, 2.24) is 10.3 Å². The zero-order chi connectivity index (χ0) is 14.5. The van der Waals surface area contributed by atoms with E-state index in [-0.39, 0.29) is 6.04 Å². The van der Waals surface area contributed by atoms with Crippen LogP contribution in [0.1, 0.15) is 29.8 Å². The highest BCUT2D eigenvalue weighted by Gasteiger charge is 2.20. The van der Waals surface area contributed by atoms with Gasteiger partial charge in [-0.25, -0.2) is 0 Å². The van der Waals surface area contributed by atoms with Crippen LogP contribution in [0.5, 0.6) is 5.75 Å². The Labute approximate surface area is 128 Å². The minimum atomic E-state index is 0.00502. The first-order valence-electron chi connectivity index (χ1n) is 6.65. The third-order valence-electron chi connectivity index (χ3n) is 3.16. The van der Waals surface area contributed by atoms with E-state index in [0.29, 0.717) is 0 Å². The number of nitrogens with zero attached hydrogens (tertiary/aromatic N) is 1. The van der Waals surface area contributed by atoms with E-state index < -0.39 is 0 Å². The molecule has 3 nitrogen and oxygen atoms in total. The van der Waals surface area contributed by atoms with Gasteiger partial charge in [-0.1, -0.05) is 24.6 Å². The monoisotopic (exact) mass is 334 g/mol. The summed E-state index contributed by atoms with van der Waals surface area (Å²) >= 11 is 3.59. The molecule has 0 fully saturated rings. The van der Waals surface area contributed by atoms with E-state index >= 15 is 0 Å². The van der Waals surface area contributed by atoms with Crippen LogP contribution >= 0.6 is 15.9 Å². The van der Waals surface area contributed by atoms with E-state index in [1.807, 2.05) is 24.4 Å². The lowest BCUT2D eigenvalue weighted by Gasteiger charge is -2.21. The summed E-state index contributed by atoms with van der Waals surface area (Å²) in [6.07, 6.45) is 1.81. The summed E-state index contributed by atoms with van der Waals surface area (Å²) in [5, 5.41) is 3.49. The molecule has 20 heavy (non-hydrogen) atoms. The topological polar surface area (TPSA) is 34.1 Å². The molecule has 1 aromatic heterocycles. The summed E-state index contributed by atoms with van der Waals surface area (Å²) in [5.41, 5.74) is 3.28. The Morgan fingerprint density at radius 3 is 2.80 bits per heavy atom. The molecular weight excluding hydrogens is 316 g/mol. The van der Waals surface area contributed by atoms with Gasteiger partial charge in [0.1, 0.15) is 5.75 Å². The largest absolute Gasteiger partial charge is 0.496 e. The average molecular weight is 335 g/mol. The van der Waals surface area contributed by atoms with Crippen LogP contribution in [-0.2, 0) is 0 Å². The fraction of sp³-hybridized carbons (Fsp3) is 0.312. The SMILES string of the molecule is CCNC(c1cc(C)ccc1OC)c1ncccc1Br. The van der Waals surface area contributed by atoms with Crippen LogP contribution in [0, 0.1) is 6.92 Å². The molecule has 1 N–H and O–H groups in total. The van der Waals surface area contributed by atoms with E-state index in [1.165, 1.54) is 5.56 Å². The van der Waals surface area contributed by atoms with Crippen molar-refractivity contribution >= 4 is 15.9 Å². The fourth-order valence-corrected chi connectivity index (χ4v) is 2.73. The van der Waals surface area contributed by atoms with E-state index in [2.05, 4.69) is 52.2 Å². The van der Waals surface area contributed by atoms with Crippen LogP contribution < -0.4 is 10.1 Å². The molecule has 1 heterocycles. The van der Waals surface area contributed by atoms with Gasteiger partial charge in [-0.2, -0.15) is 0 Å². The number of benzene rings is 1. The molecule has 0 bridgehead atoms. The number of pyridine rings is 1. The molecule has 0 amide bonds. The zero-order valence-electron chi connectivity index (χ0n) is 12.0. The summed E-state index contributed by atoms with van der Waals surface area (Å²) in [6.45, 7) is 5.02. The molecule has 106 valence electrons. The number of methoxy groups -OCH3 is 1. The standard InChI is InChI=1S/C16H19BrN2O/c1-4-18-15(16-13(17)6-5-9-19-16)12-10-11(2)7-8-14(12)20-3/h5-10,15,18H,4H2,1-3H3. The lowest BCUT2D eigenvalue weighted by Crippen LogP contribution is -2.24. The number of aromatic nitrogens is 1. The van der Waals surface area contributed by atoms with Crippen molar-refractivity contribution in [2.45, 2.75) is 19.9 Å². The first-order chi connectivity index (χ1) is 9.67. The molecule has 0 radical (unpaired) electrons. The van der Waals surface area contributed by atoms with Crippen LogP contribution in [0.4, 0.5) is 0 Å². The highest BCUT2D eigenvalue weighted by atomic mass is 79.9. The van der Waals surface area contributed by atoms with Crippen molar-refractivity contribution in [2.75, 3.05) is 13.7 Å². The summed E-state index contributed by atoms with van der Waals surface area (Å²) < 4.78 is 6.50. The normalized spacial score (nSPS) is 12.2. The Kier molecular flexibility index (Phi) is 5.15. The third-order valence-corrected chi connectivity index (χ3v) is 3.84. The van der Waals surface area contributed by atoms with Crippen LogP contribution in [0.3, 0.4) is 0 Å². The van der Waals surface area contributed by atoms with E-state index in [1.54, 1.807) is 7.11 Å². The van der Waals surface area contributed by atoms with Gasteiger partial charge >= 0.3 is 0 Å². The van der Waals surface area contributed by atoms with Crippen LogP contribution in [0.15, 0.2) is 41.0 Å². The zero-order valence-corrected chi connectivity index (χ0v) is 13.6. The minimum Gasteiger partial charge on any atom is -0.496 e. The average Bonchev–Trinajstić information content (AvgIpc) is 2.46. The Hall–Kier alpha value is -1.39. The second-order valence-corrected chi connectivity index (χ2v) is 5.46. The predicted molar refractivity (Wildman–Crippen MR) is 85.2 cm³/mol. The Morgan fingerprint density at radius 1 is 1.35 bits per heavy atom. The van der Waals surface area contributed by atoms with Gasteiger partial charge in [-0.3, -0.25) is 4.98 Å². The molecular formula is C16H19BrN2O. The quantitative estimate of drug-likeness (QED) is 0.901. The van der Waals surface area contributed by atoms with Gasteiger partial charge in [0, 0.05) is 16.2 Å². The number of rotatable bonds is 5. The molecule has 0 saturated carbocycles. The van der Waals surface area contributed by atoms with Crippen molar-refractivity contribution in [3.05, 3.63) is 57.8 Å². The molecule has 2 rings (SSSR count). The van der Waals surface area contributed by atoms with Gasteiger partial charge in [-0.15, -0.1) is 0 Å². The molecule has 1 atom stereocenters. The number of halogens is 1. The van der Waals surface area contributed by atoms with E-state index in [4.69, 9.17) is 4.74 Å². The highest BCUT2D eigenvalue weighted by molar-refractivity contribution is 9.10. The number of ether oxygens (including phenoxy) is 1. The maximum Gasteiger partial charge on any atom is 0.124 e. The van der Waals surface area contributed by atoms with Crippen LogP contribution in [0.25, 0.3) is 0 Å². The summed E-state index contributed by atoms with van der Waals surface area (Å²) in [4.78, 5) is 4.51. The fourth-order valence-electron chi connectivity index (χ4n) is 2.25. The first kappa shape index (κ1) is 15.0. The Balaban J connectivity index is 2.54. The molecule has 0 aliphatic rings. The molecule has 1 aromatic carbocycles. The van der Waals surface area contributed by atoms with Crippen molar-refractivity contribution < 1.29 is 4.74 Å². The highest BCUT2D eigenvalue weighted by Crippen LogP contribution is 2.33. The molecule has 0 saturated heterocycles. The Morgan fingerprint density at radius 2 is 2.15 bits per heavy atom. The molecule has 4 heteroatoms. The van der Waals surface area contributed by atoms with Gasteiger partial charge in [0.2, 0.25) is 0 Å². The smallest absolute Gasteiger partial charge is 0.124 e. The van der Waals surface area contributed by atoms with E-state index in [9.17, 15) is 0 Å². The molecule has 0 spiro atoms. The van der Waals surface area contributed by atoms with Crippen molar-refractivity contribution in [3.8, 4) is 5.75 Å². The third kappa shape index (κ3) is 3.19. The number of hydrogen-bond acceptors (Lipinski definition) is 3. The van der Waals surface area contributed by atoms with Gasteiger partial charge in [-0.05, 0) is 47.6 Å². The lowest BCUT2D eigenvalue weighted by molar-refractivity contribution is 0.403. The molecule has 1 unspecified atom stereocenters. The van der Waals surface area contributed by atoms with Crippen LogP contribution in [0.2, 0.25) is 0 Å². The van der Waals surface area contributed by atoms with Gasteiger partial charge in [0.15, 0.2) is 0 Å². The maximum atomic E-state index is 5.51. The molecule has 0 aliphatic carbocycles. The molecule has 2 aromatic rings. The van der Waals surface area contributed by atoms with Gasteiger partial charge in [0.25, 0.3) is 0 Å². The minimum absolute atomic E-state index is 0.00502. The van der Waals surface area contributed by atoms with E-state index in [0.717, 1.165) is 28.0 Å². The van der Waals surface area contributed by atoms with Gasteiger partial charge < -0.3 is 10.1 Å². The summed E-state index contributed by atoms with van der Waals surface area (Å²) in [7, 11) is 1.70. The van der Waals surface area contributed by atoms with Crippen molar-refractivity contribution in [3.63, 3.8) is 0 Å².